The minimum absolute atomic E-state index is 0.00491. The number of fused-ring (bicyclic) bond motifs is 2. The summed E-state index contributed by atoms with van der Waals surface area (Å²) in [4.78, 5) is 33.1. The Morgan fingerprint density at radius 2 is 1.76 bits per heavy atom. The molecule has 1 aliphatic heterocycles. The zero-order valence-corrected chi connectivity index (χ0v) is 19.2. The van der Waals surface area contributed by atoms with Crippen LogP contribution in [0.5, 0.6) is 17.2 Å². The number of aryl methyl sites for hydroxylation is 1. The lowest BCUT2D eigenvalue weighted by atomic mass is 9.97. The minimum atomic E-state index is -0.784. The van der Waals surface area contributed by atoms with Gasteiger partial charge < -0.3 is 18.6 Å². The fourth-order valence-electron chi connectivity index (χ4n) is 4.19. The molecular formula is C24H20N2O6S. The number of hydrogen-bond donors (Lipinski definition) is 0. The van der Waals surface area contributed by atoms with E-state index in [0.29, 0.717) is 38.9 Å². The molecule has 0 saturated heterocycles. The summed E-state index contributed by atoms with van der Waals surface area (Å²) in [6, 6.07) is 7.99. The van der Waals surface area contributed by atoms with Crippen LogP contribution in [0.3, 0.4) is 0 Å². The van der Waals surface area contributed by atoms with E-state index in [4.69, 9.17) is 18.6 Å². The van der Waals surface area contributed by atoms with E-state index in [2.05, 4.69) is 4.98 Å². The van der Waals surface area contributed by atoms with Crippen molar-refractivity contribution in [2.24, 2.45) is 0 Å². The number of aromatic nitrogens is 1. The third-order valence-corrected chi connectivity index (χ3v) is 6.42. The predicted octanol–water partition coefficient (Wildman–Crippen LogP) is 4.33. The van der Waals surface area contributed by atoms with Crippen molar-refractivity contribution in [3.63, 3.8) is 0 Å². The number of ether oxygens (including phenoxy) is 3. The van der Waals surface area contributed by atoms with Crippen molar-refractivity contribution in [1.82, 2.24) is 4.98 Å². The van der Waals surface area contributed by atoms with Gasteiger partial charge in [-0.3, -0.25) is 14.5 Å². The summed E-state index contributed by atoms with van der Waals surface area (Å²) in [6.07, 6.45) is 1.61. The van der Waals surface area contributed by atoms with Gasteiger partial charge >= 0.3 is 0 Å². The Balaban J connectivity index is 1.84. The van der Waals surface area contributed by atoms with E-state index in [9.17, 15) is 9.59 Å². The number of nitrogens with zero attached hydrogens (tertiary/aromatic N) is 2. The van der Waals surface area contributed by atoms with Crippen LogP contribution in [0.25, 0.3) is 11.0 Å². The van der Waals surface area contributed by atoms with Crippen LogP contribution >= 0.6 is 11.3 Å². The largest absolute Gasteiger partial charge is 0.493 e. The lowest BCUT2D eigenvalue weighted by Crippen LogP contribution is -2.29. The molecule has 0 aliphatic carbocycles. The summed E-state index contributed by atoms with van der Waals surface area (Å²) in [5.41, 5.74) is 1.87. The third-order valence-electron chi connectivity index (χ3n) is 5.65. The van der Waals surface area contributed by atoms with E-state index >= 15 is 0 Å². The van der Waals surface area contributed by atoms with Gasteiger partial charge in [-0.2, -0.15) is 0 Å². The molecule has 4 aromatic rings. The quantitative estimate of drug-likeness (QED) is 0.434. The normalized spacial score (nSPS) is 15.1. The number of anilines is 1. The Hall–Kier alpha value is -3.85. The summed E-state index contributed by atoms with van der Waals surface area (Å²) in [5, 5.41) is 2.64. The number of benzene rings is 2. The molecule has 33 heavy (non-hydrogen) atoms. The van der Waals surface area contributed by atoms with Crippen LogP contribution in [0, 0.1) is 6.92 Å². The first kappa shape index (κ1) is 21.0. The highest BCUT2D eigenvalue weighted by molar-refractivity contribution is 7.13. The fourth-order valence-corrected chi connectivity index (χ4v) is 4.86. The molecule has 2 aromatic carbocycles. The fraction of sp³-hybridized carbons (Fsp3) is 0.208. The van der Waals surface area contributed by atoms with Gasteiger partial charge in [0.2, 0.25) is 11.5 Å². The zero-order valence-electron chi connectivity index (χ0n) is 18.4. The predicted molar refractivity (Wildman–Crippen MR) is 124 cm³/mol. The molecule has 1 amide bonds. The van der Waals surface area contributed by atoms with E-state index < -0.39 is 11.9 Å². The van der Waals surface area contributed by atoms with Gasteiger partial charge in [0.15, 0.2) is 22.1 Å². The first-order chi connectivity index (χ1) is 16.0. The number of rotatable bonds is 5. The molecule has 0 fully saturated rings. The SMILES string of the molecule is COc1cc([C@H]2c3c(oc4ccc(C)cc4c3=O)C(=O)N2c2nccs2)cc(OC)c1OC. The Bertz CT molecular complexity index is 1420. The summed E-state index contributed by atoms with van der Waals surface area (Å²) < 4.78 is 22.5. The van der Waals surface area contributed by atoms with E-state index in [1.807, 2.05) is 13.0 Å². The summed E-state index contributed by atoms with van der Waals surface area (Å²) in [5.74, 6) is 0.805. The number of carbonyl (C=O) groups is 1. The zero-order chi connectivity index (χ0) is 23.3. The van der Waals surface area contributed by atoms with Gasteiger partial charge in [0, 0.05) is 11.6 Å². The Kier molecular flexibility index (Phi) is 5.05. The molecule has 3 heterocycles. The smallest absolute Gasteiger partial charge is 0.297 e. The van der Waals surface area contributed by atoms with Gasteiger partial charge in [0.25, 0.3) is 5.91 Å². The molecule has 9 heteroatoms. The average molecular weight is 464 g/mol. The Morgan fingerprint density at radius 3 is 2.36 bits per heavy atom. The minimum Gasteiger partial charge on any atom is -0.493 e. The van der Waals surface area contributed by atoms with E-state index in [0.717, 1.165) is 5.56 Å². The first-order valence-corrected chi connectivity index (χ1v) is 11.0. The number of hydrogen-bond acceptors (Lipinski definition) is 8. The van der Waals surface area contributed by atoms with Crippen molar-refractivity contribution in [2.45, 2.75) is 13.0 Å². The second kappa shape index (κ2) is 7.93. The molecule has 0 saturated carbocycles. The molecule has 0 radical (unpaired) electrons. The van der Waals surface area contributed by atoms with Crippen LogP contribution in [0.15, 0.2) is 51.1 Å². The lowest BCUT2D eigenvalue weighted by Gasteiger charge is -2.24. The van der Waals surface area contributed by atoms with Crippen LogP contribution in [-0.4, -0.2) is 32.2 Å². The molecular weight excluding hydrogens is 444 g/mol. The number of carbonyl (C=O) groups excluding carboxylic acids is 1. The molecule has 1 aliphatic rings. The van der Waals surface area contributed by atoms with Gasteiger partial charge in [-0.1, -0.05) is 11.6 Å². The molecule has 0 spiro atoms. The molecule has 5 rings (SSSR count). The van der Waals surface area contributed by atoms with E-state index in [1.54, 1.807) is 35.8 Å². The van der Waals surface area contributed by atoms with Gasteiger partial charge in [0.1, 0.15) is 5.58 Å². The van der Waals surface area contributed by atoms with E-state index in [1.165, 1.54) is 37.6 Å². The summed E-state index contributed by atoms with van der Waals surface area (Å²) >= 11 is 1.30. The highest BCUT2D eigenvalue weighted by Crippen LogP contribution is 2.46. The van der Waals surface area contributed by atoms with Crippen molar-refractivity contribution in [2.75, 3.05) is 26.2 Å². The molecule has 1 atom stereocenters. The third kappa shape index (κ3) is 3.15. The van der Waals surface area contributed by atoms with Gasteiger partial charge in [-0.15, -0.1) is 11.3 Å². The molecule has 0 unspecified atom stereocenters. The lowest BCUT2D eigenvalue weighted by molar-refractivity contribution is 0.0971. The Labute approximate surface area is 192 Å². The van der Waals surface area contributed by atoms with Crippen LogP contribution in [-0.2, 0) is 0 Å². The number of thiazole rings is 1. The van der Waals surface area contributed by atoms with Crippen molar-refractivity contribution >= 4 is 33.3 Å². The highest BCUT2D eigenvalue weighted by atomic mass is 32.1. The van der Waals surface area contributed by atoms with Crippen LogP contribution in [0.1, 0.15) is 33.3 Å². The maximum Gasteiger partial charge on any atom is 0.297 e. The maximum atomic E-state index is 13.7. The molecule has 0 N–H and O–H groups in total. The van der Waals surface area contributed by atoms with Crippen molar-refractivity contribution in [3.8, 4) is 17.2 Å². The average Bonchev–Trinajstić information content (AvgIpc) is 3.45. The topological polar surface area (TPSA) is 91.1 Å². The number of amides is 1. The van der Waals surface area contributed by atoms with Crippen molar-refractivity contribution in [1.29, 1.82) is 0 Å². The Morgan fingerprint density at radius 1 is 1.03 bits per heavy atom. The summed E-state index contributed by atoms with van der Waals surface area (Å²) in [6.45, 7) is 1.90. The molecule has 0 bridgehead atoms. The van der Waals surface area contributed by atoms with Crippen molar-refractivity contribution in [3.05, 3.63) is 74.6 Å². The number of methoxy groups -OCH3 is 3. The molecule has 2 aromatic heterocycles. The highest BCUT2D eigenvalue weighted by Gasteiger charge is 2.45. The first-order valence-electron chi connectivity index (χ1n) is 10.1. The maximum absolute atomic E-state index is 13.7. The standard InChI is InChI=1S/C24H20N2O6S/c1-12-5-6-15-14(9-12)20(27)18-19(13-10-16(29-2)21(31-4)17(11-13)30-3)26(23(28)22(18)32-15)24-25-7-8-33-24/h5-11,19H,1-4H3/t19-/m0/s1. The molecule has 168 valence electrons. The van der Waals surface area contributed by atoms with Gasteiger partial charge in [-0.25, -0.2) is 4.98 Å². The summed E-state index contributed by atoms with van der Waals surface area (Å²) in [7, 11) is 4.54. The van der Waals surface area contributed by atoms with Crippen LogP contribution in [0.4, 0.5) is 5.13 Å². The second-order valence-electron chi connectivity index (χ2n) is 7.52. The van der Waals surface area contributed by atoms with E-state index in [-0.39, 0.29) is 16.8 Å². The van der Waals surface area contributed by atoms with Crippen LogP contribution in [0.2, 0.25) is 0 Å². The van der Waals surface area contributed by atoms with Crippen molar-refractivity contribution < 1.29 is 23.4 Å². The molecule has 8 nitrogen and oxygen atoms in total. The van der Waals surface area contributed by atoms with Crippen LogP contribution < -0.4 is 24.5 Å². The van der Waals surface area contributed by atoms with Gasteiger partial charge in [0.05, 0.1) is 38.3 Å². The monoisotopic (exact) mass is 464 g/mol. The van der Waals surface area contributed by atoms with Gasteiger partial charge in [-0.05, 0) is 36.8 Å². The second-order valence-corrected chi connectivity index (χ2v) is 8.40.